The number of methoxy groups -OCH3 is 1. The number of nitrogens with zero attached hydrogens (tertiary/aromatic N) is 3. The van der Waals surface area contributed by atoms with E-state index in [0.717, 1.165) is 34.5 Å². The summed E-state index contributed by atoms with van der Waals surface area (Å²) in [7, 11) is 1.64. The van der Waals surface area contributed by atoms with Crippen LogP contribution in [0.1, 0.15) is 12.8 Å². The van der Waals surface area contributed by atoms with Crippen LogP contribution in [0.2, 0.25) is 0 Å². The number of hydrogen-bond donors (Lipinski definition) is 1. The maximum atomic E-state index is 5.77. The minimum atomic E-state index is 0.685. The van der Waals surface area contributed by atoms with E-state index >= 15 is 0 Å². The zero-order valence-electron chi connectivity index (χ0n) is 10.8. The summed E-state index contributed by atoms with van der Waals surface area (Å²) in [6.07, 6.45) is 2.47. The van der Waals surface area contributed by atoms with Crippen LogP contribution >= 0.6 is 11.3 Å². The Morgan fingerprint density at radius 1 is 1.26 bits per heavy atom. The van der Waals surface area contributed by atoms with Crippen LogP contribution in [-0.4, -0.2) is 30.4 Å². The van der Waals surface area contributed by atoms with E-state index in [-0.39, 0.29) is 0 Å². The van der Waals surface area contributed by atoms with Gasteiger partial charge in [0.05, 0.1) is 12.7 Å². The summed E-state index contributed by atoms with van der Waals surface area (Å²) in [5.41, 5.74) is 7.39. The van der Waals surface area contributed by atoms with Gasteiger partial charge >= 0.3 is 0 Å². The molecule has 1 aliphatic heterocycles. The van der Waals surface area contributed by atoms with E-state index in [1.54, 1.807) is 18.4 Å². The first-order valence-corrected chi connectivity index (χ1v) is 7.12. The van der Waals surface area contributed by atoms with Crippen molar-refractivity contribution in [3.8, 4) is 16.3 Å². The molecule has 1 aromatic heterocycles. The third-order valence-electron chi connectivity index (χ3n) is 3.25. The first-order chi connectivity index (χ1) is 9.28. The SMILES string of the molecule is COc1cc(N)ccc1-c1nnc(N2CCCC2)s1. The lowest BCUT2D eigenvalue weighted by atomic mass is 10.2. The van der Waals surface area contributed by atoms with Crippen LogP contribution < -0.4 is 15.4 Å². The van der Waals surface area contributed by atoms with E-state index in [4.69, 9.17) is 10.5 Å². The summed E-state index contributed by atoms with van der Waals surface area (Å²) in [4.78, 5) is 2.28. The normalized spacial score (nSPS) is 14.9. The maximum absolute atomic E-state index is 5.77. The zero-order valence-corrected chi connectivity index (χ0v) is 11.6. The Morgan fingerprint density at radius 3 is 2.79 bits per heavy atom. The van der Waals surface area contributed by atoms with Gasteiger partial charge < -0.3 is 15.4 Å². The van der Waals surface area contributed by atoms with Crippen molar-refractivity contribution in [1.29, 1.82) is 0 Å². The fourth-order valence-electron chi connectivity index (χ4n) is 2.25. The van der Waals surface area contributed by atoms with Crippen LogP contribution in [-0.2, 0) is 0 Å². The molecule has 1 saturated heterocycles. The molecule has 3 rings (SSSR count). The molecule has 19 heavy (non-hydrogen) atoms. The standard InChI is InChI=1S/C13H16N4OS/c1-18-11-8-9(14)4-5-10(11)12-15-16-13(19-12)17-6-2-3-7-17/h4-5,8H,2-3,6-7,14H2,1H3. The Balaban J connectivity index is 1.93. The summed E-state index contributed by atoms with van der Waals surface area (Å²) in [6, 6.07) is 5.60. The Bertz CT molecular complexity index is 578. The number of aromatic nitrogens is 2. The van der Waals surface area contributed by atoms with Gasteiger partial charge in [0.2, 0.25) is 5.13 Å². The lowest BCUT2D eigenvalue weighted by Gasteiger charge is -2.11. The predicted molar refractivity (Wildman–Crippen MR) is 77.8 cm³/mol. The third-order valence-corrected chi connectivity index (χ3v) is 4.26. The molecule has 6 heteroatoms. The molecule has 0 aliphatic carbocycles. The molecular formula is C13H16N4OS. The van der Waals surface area contributed by atoms with Gasteiger partial charge in [-0.15, -0.1) is 10.2 Å². The second-order valence-electron chi connectivity index (χ2n) is 4.54. The molecule has 2 heterocycles. The van der Waals surface area contributed by atoms with Crippen LogP contribution in [0.25, 0.3) is 10.6 Å². The molecule has 1 aromatic carbocycles. The van der Waals surface area contributed by atoms with Gasteiger partial charge in [0.1, 0.15) is 5.75 Å². The molecule has 1 fully saturated rings. The molecule has 2 aromatic rings. The monoisotopic (exact) mass is 276 g/mol. The molecule has 0 bridgehead atoms. The van der Waals surface area contributed by atoms with Gasteiger partial charge in [-0.05, 0) is 25.0 Å². The highest BCUT2D eigenvalue weighted by atomic mass is 32.1. The smallest absolute Gasteiger partial charge is 0.208 e. The van der Waals surface area contributed by atoms with Gasteiger partial charge in [-0.25, -0.2) is 0 Å². The second-order valence-corrected chi connectivity index (χ2v) is 5.50. The van der Waals surface area contributed by atoms with Crippen LogP contribution in [0.5, 0.6) is 5.75 Å². The Kier molecular flexibility index (Phi) is 3.25. The van der Waals surface area contributed by atoms with Crippen LogP contribution in [0.3, 0.4) is 0 Å². The van der Waals surface area contributed by atoms with Crippen molar-refractivity contribution in [2.75, 3.05) is 30.8 Å². The summed E-state index contributed by atoms with van der Waals surface area (Å²) in [6.45, 7) is 2.15. The highest BCUT2D eigenvalue weighted by Gasteiger charge is 2.18. The first kappa shape index (κ1) is 12.2. The zero-order chi connectivity index (χ0) is 13.2. The minimum absolute atomic E-state index is 0.685. The third kappa shape index (κ3) is 2.35. The number of anilines is 2. The molecule has 0 amide bonds. The average molecular weight is 276 g/mol. The van der Waals surface area contributed by atoms with Crippen molar-refractivity contribution in [2.24, 2.45) is 0 Å². The van der Waals surface area contributed by atoms with Crippen LogP contribution in [0, 0.1) is 0 Å². The molecule has 0 spiro atoms. The summed E-state index contributed by atoms with van der Waals surface area (Å²) in [5.74, 6) is 0.740. The number of ether oxygens (including phenoxy) is 1. The molecular weight excluding hydrogens is 260 g/mol. The first-order valence-electron chi connectivity index (χ1n) is 6.30. The van der Waals surface area contributed by atoms with Crippen molar-refractivity contribution in [3.05, 3.63) is 18.2 Å². The van der Waals surface area contributed by atoms with Crippen molar-refractivity contribution < 1.29 is 4.74 Å². The molecule has 0 atom stereocenters. The summed E-state index contributed by atoms with van der Waals surface area (Å²) >= 11 is 1.60. The highest BCUT2D eigenvalue weighted by Crippen LogP contribution is 2.36. The Morgan fingerprint density at radius 2 is 2.05 bits per heavy atom. The van der Waals surface area contributed by atoms with Crippen LogP contribution in [0.4, 0.5) is 10.8 Å². The molecule has 0 radical (unpaired) electrons. The lowest BCUT2D eigenvalue weighted by Crippen LogP contribution is -2.17. The van der Waals surface area contributed by atoms with Gasteiger partial charge in [0.25, 0.3) is 0 Å². The molecule has 100 valence electrons. The van der Waals surface area contributed by atoms with E-state index in [1.165, 1.54) is 12.8 Å². The Labute approximate surface area is 116 Å². The molecule has 0 saturated carbocycles. The van der Waals surface area contributed by atoms with E-state index in [0.29, 0.717) is 5.69 Å². The number of rotatable bonds is 3. The molecule has 1 aliphatic rings. The second kappa shape index (κ2) is 5.05. The largest absolute Gasteiger partial charge is 0.496 e. The Hall–Kier alpha value is -1.82. The topological polar surface area (TPSA) is 64.3 Å². The van der Waals surface area contributed by atoms with Crippen molar-refractivity contribution in [3.63, 3.8) is 0 Å². The minimum Gasteiger partial charge on any atom is -0.496 e. The van der Waals surface area contributed by atoms with E-state index in [1.807, 2.05) is 18.2 Å². The van der Waals surface area contributed by atoms with Gasteiger partial charge in [-0.3, -0.25) is 0 Å². The van der Waals surface area contributed by atoms with E-state index in [2.05, 4.69) is 15.1 Å². The van der Waals surface area contributed by atoms with Crippen LogP contribution in [0.15, 0.2) is 18.2 Å². The fraction of sp³-hybridized carbons (Fsp3) is 0.385. The predicted octanol–water partition coefficient (Wildman–Crippen LogP) is 2.40. The number of nitrogen functional groups attached to an aromatic ring is 1. The van der Waals surface area contributed by atoms with Gasteiger partial charge in [0.15, 0.2) is 5.01 Å². The van der Waals surface area contributed by atoms with Crippen molar-refractivity contribution >= 4 is 22.2 Å². The molecule has 5 nitrogen and oxygen atoms in total. The highest BCUT2D eigenvalue weighted by molar-refractivity contribution is 7.18. The molecule has 0 unspecified atom stereocenters. The van der Waals surface area contributed by atoms with E-state index in [9.17, 15) is 0 Å². The fourth-order valence-corrected chi connectivity index (χ4v) is 3.17. The summed E-state index contributed by atoms with van der Waals surface area (Å²) < 4.78 is 5.36. The molecule has 2 N–H and O–H groups in total. The number of hydrogen-bond acceptors (Lipinski definition) is 6. The van der Waals surface area contributed by atoms with Gasteiger partial charge in [-0.2, -0.15) is 0 Å². The van der Waals surface area contributed by atoms with Crippen molar-refractivity contribution in [2.45, 2.75) is 12.8 Å². The maximum Gasteiger partial charge on any atom is 0.208 e. The van der Waals surface area contributed by atoms with E-state index < -0.39 is 0 Å². The van der Waals surface area contributed by atoms with Crippen molar-refractivity contribution in [1.82, 2.24) is 10.2 Å². The number of nitrogens with two attached hydrogens (primary N) is 1. The van der Waals surface area contributed by atoms with Gasteiger partial charge in [-0.1, -0.05) is 11.3 Å². The number of benzene rings is 1. The summed E-state index contributed by atoms with van der Waals surface area (Å²) in [5, 5.41) is 10.4. The van der Waals surface area contributed by atoms with Gasteiger partial charge in [0, 0.05) is 24.8 Å². The quantitative estimate of drug-likeness (QED) is 0.872. The lowest BCUT2D eigenvalue weighted by molar-refractivity contribution is 0.416. The average Bonchev–Trinajstić information content (AvgIpc) is 3.09.